The number of pyridine rings is 1. The van der Waals surface area contributed by atoms with E-state index in [4.69, 9.17) is 14.7 Å². The molecule has 0 unspecified atom stereocenters. The Balaban J connectivity index is 1.47. The van der Waals surface area contributed by atoms with E-state index in [9.17, 15) is 18.0 Å². The summed E-state index contributed by atoms with van der Waals surface area (Å²) in [5.41, 5.74) is 5.31. The van der Waals surface area contributed by atoms with Crippen LogP contribution in [0.5, 0.6) is 5.75 Å². The van der Waals surface area contributed by atoms with Crippen molar-refractivity contribution in [1.82, 2.24) is 19.8 Å². The first-order valence-corrected chi connectivity index (χ1v) is 16.4. The van der Waals surface area contributed by atoms with Gasteiger partial charge in [-0.05, 0) is 48.2 Å². The molecule has 3 aromatic heterocycles. The van der Waals surface area contributed by atoms with Crippen molar-refractivity contribution < 1.29 is 27.1 Å². The number of likely N-dealkylation sites (N-methyl/N-ethyl adjacent to an activating group) is 1. The van der Waals surface area contributed by atoms with Gasteiger partial charge in [-0.25, -0.2) is 27.5 Å². The highest BCUT2D eigenvalue weighted by Crippen LogP contribution is 2.48. The van der Waals surface area contributed by atoms with E-state index >= 15 is 4.39 Å². The number of fused-ring (bicyclic) bond motifs is 3. The van der Waals surface area contributed by atoms with Crippen molar-refractivity contribution in [1.29, 1.82) is 0 Å². The molecular weight excluding hydrogens is 637 g/mol. The van der Waals surface area contributed by atoms with Crippen molar-refractivity contribution in [3.63, 3.8) is 0 Å². The van der Waals surface area contributed by atoms with E-state index < -0.39 is 24.7 Å². The number of hydrogen-bond acceptors (Lipinski definition) is 7. The lowest BCUT2D eigenvalue weighted by atomic mass is 9.94. The number of ether oxygens (including phenoxy) is 1. The third-order valence-electron chi connectivity index (χ3n) is 8.34. The molecule has 0 radical (unpaired) electrons. The summed E-state index contributed by atoms with van der Waals surface area (Å²) in [6.45, 7) is 5.16. The van der Waals surface area contributed by atoms with Gasteiger partial charge in [-0.2, -0.15) is 0 Å². The minimum Gasteiger partial charge on any atom is -0.487 e. The Morgan fingerprint density at radius 1 is 1.04 bits per heavy atom. The number of carbonyl (C=O) groups excluding carboxylic acids is 1. The Labute approximate surface area is 270 Å². The number of carbonyl (C=O) groups is 1. The summed E-state index contributed by atoms with van der Waals surface area (Å²) >= 11 is 2.69. The van der Waals surface area contributed by atoms with Crippen LogP contribution in [0.1, 0.15) is 21.7 Å². The lowest BCUT2D eigenvalue weighted by Crippen LogP contribution is -2.34. The fraction of sp³-hybridized carbons (Fsp3) is 0.265. The van der Waals surface area contributed by atoms with Crippen LogP contribution >= 0.6 is 22.7 Å². The van der Waals surface area contributed by atoms with Crippen LogP contribution in [0.4, 0.5) is 17.6 Å². The molecule has 6 nitrogen and oxygen atoms in total. The molecule has 0 saturated heterocycles. The van der Waals surface area contributed by atoms with Crippen LogP contribution in [0.2, 0.25) is 0 Å². The van der Waals surface area contributed by atoms with Crippen LogP contribution in [0, 0.1) is 11.6 Å². The van der Waals surface area contributed by atoms with Gasteiger partial charge in [0.1, 0.15) is 34.7 Å². The van der Waals surface area contributed by atoms with Gasteiger partial charge < -0.3 is 14.5 Å². The van der Waals surface area contributed by atoms with E-state index in [1.54, 1.807) is 4.90 Å². The Bertz CT molecular complexity index is 2010. The second-order valence-electron chi connectivity index (χ2n) is 11.4. The second kappa shape index (κ2) is 12.2. The molecule has 0 fully saturated rings. The molecule has 5 aromatic rings. The summed E-state index contributed by atoms with van der Waals surface area (Å²) in [4.78, 5) is 27.3. The van der Waals surface area contributed by atoms with Gasteiger partial charge in [0, 0.05) is 64.3 Å². The molecule has 2 aromatic carbocycles. The van der Waals surface area contributed by atoms with Crippen molar-refractivity contribution in [3.8, 4) is 38.8 Å². The molecule has 12 heteroatoms. The number of alkyl halides is 2. The van der Waals surface area contributed by atoms with E-state index in [1.807, 2.05) is 17.5 Å². The number of halogens is 4. The molecule has 236 valence electrons. The predicted molar refractivity (Wildman–Crippen MR) is 172 cm³/mol. The first-order chi connectivity index (χ1) is 22.2. The zero-order chi connectivity index (χ0) is 32.1. The van der Waals surface area contributed by atoms with Crippen molar-refractivity contribution in [3.05, 3.63) is 87.8 Å². The summed E-state index contributed by atoms with van der Waals surface area (Å²) < 4.78 is 62.9. The number of benzene rings is 2. The van der Waals surface area contributed by atoms with Gasteiger partial charge in [0.15, 0.2) is 0 Å². The van der Waals surface area contributed by atoms with Gasteiger partial charge in [0.25, 0.3) is 6.43 Å². The zero-order valence-corrected chi connectivity index (χ0v) is 26.4. The summed E-state index contributed by atoms with van der Waals surface area (Å²) in [7, 11) is 2.09. The molecule has 5 heterocycles. The molecule has 0 spiro atoms. The van der Waals surface area contributed by atoms with Crippen LogP contribution in [0.15, 0.2) is 54.4 Å². The summed E-state index contributed by atoms with van der Waals surface area (Å²) in [6, 6.07) is 9.82. The van der Waals surface area contributed by atoms with Crippen LogP contribution < -0.4 is 4.74 Å². The molecule has 46 heavy (non-hydrogen) atoms. The fourth-order valence-electron chi connectivity index (χ4n) is 6.15. The van der Waals surface area contributed by atoms with Gasteiger partial charge in [0.05, 0.1) is 23.5 Å². The maximum absolute atomic E-state index is 15.9. The first-order valence-electron chi connectivity index (χ1n) is 14.7. The number of thiazole rings is 1. The molecule has 2 aliphatic rings. The van der Waals surface area contributed by atoms with E-state index in [-0.39, 0.29) is 17.2 Å². The van der Waals surface area contributed by atoms with E-state index in [1.165, 1.54) is 39.9 Å². The minimum atomic E-state index is -2.85. The maximum Gasteiger partial charge on any atom is 0.272 e. The van der Waals surface area contributed by atoms with Gasteiger partial charge in [-0.15, -0.1) is 22.7 Å². The molecule has 0 bridgehead atoms. The van der Waals surface area contributed by atoms with Crippen molar-refractivity contribution in [2.75, 3.05) is 26.7 Å². The average Bonchev–Trinajstić information content (AvgIpc) is 3.70. The number of hydrogen-bond donors (Lipinski definition) is 0. The number of amides is 1. The molecule has 0 aliphatic carbocycles. The van der Waals surface area contributed by atoms with E-state index in [0.29, 0.717) is 52.2 Å². The first kappa shape index (κ1) is 30.5. The van der Waals surface area contributed by atoms with E-state index in [0.717, 1.165) is 47.1 Å². The lowest BCUT2D eigenvalue weighted by Gasteiger charge is -2.25. The number of thiophene rings is 1. The van der Waals surface area contributed by atoms with Gasteiger partial charge in [-0.1, -0.05) is 18.7 Å². The summed E-state index contributed by atoms with van der Waals surface area (Å²) in [5, 5.41) is 3.08. The molecule has 2 aliphatic heterocycles. The minimum absolute atomic E-state index is 0.159. The molecule has 0 N–H and O–H groups in total. The highest BCUT2D eigenvalue weighted by Gasteiger charge is 2.30. The largest absolute Gasteiger partial charge is 0.487 e. The van der Waals surface area contributed by atoms with Crippen LogP contribution in [-0.2, 0) is 30.7 Å². The van der Waals surface area contributed by atoms with Crippen molar-refractivity contribution in [2.45, 2.75) is 32.4 Å². The summed E-state index contributed by atoms with van der Waals surface area (Å²) in [6.07, 6.45) is -0.167. The van der Waals surface area contributed by atoms with Crippen molar-refractivity contribution >= 4 is 38.7 Å². The predicted octanol–water partition coefficient (Wildman–Crippen LogP) is 7.73. The number of nitrogens with zero attached hydrogens (tertiary/aromatic N) is 4. The van der Waals surface area contributed by atoms with Crippen LogP contribution in [0.25, 0.3) is 43.2 Å². The topological polar surface area (TPSA) is 58.6 Å². The Morgan fingerprint density at radius 2 is 1.89 bits per heavy atom. The Morgan fingerprint density at radius 3 is 2.70 bits per heavy atom. The molecule has 1 amide bonds. The monoisotopic (exact) mass is 664 g/mol. The van der Waals surface area contributed by atoms with Gasteiger partial charge >= 0.3 is 0 Å². The average molecular weight is 665 g/mol. The molecule has 7 rings (SSSR count). The highest BCUT2D eigenvalue weighted by molar-refractivity contribution is 7.18. The van der Waals surface area contributed by atoms with Crippen LogP contribution in [-0.4, -0.2) is 58.8 Å². The molecule has 0 saturated carbocycles. The third kappa shape index (κ3) is 5.58. The SMILES string of the molecule is C=CC(=O)N1CCc2nc(-c3nc(-c4ccc5c(c4)CCN(C)C5)c4ccsc4c3-c3c(F)cc(F)cc3OCC(F)F)sc2C1. The second-order valence-corrected chi connectivity index (χ2v) is 13.4. The smallest absolute Gasteiger partial charge is 0.272 e. The normalized spacial score (nSPS) is 14.9. The number of rotatable bonds is 7. The summed E-state index contributed by atoms with van der Waals surface area (Å²) in [5.74, 6) is -2.44. The van der Waals surface area contributed by atoms with Gasteiger partial charge in [0.2, 0.25) is 5.91 Å². The lowest BCUT2D eigenvalue weighted by molar-refractivity contribution is -0.126. The highest BCUT2D eigenvalue weighted by atomic mass is 32.1. The van der Waals surface area contributed by atoms with Crippen LogP contribution in [0.3, 0.4) is 0 Å². The fourth-order valence-corrected chi connectivity index (χ4v) is 8.21. The Kier molecular flexibility index (Phi) is 8.12. The van der Waals surface area contributed by atoms with E-state index in [2.05, 4.69) is 30.7 Å². The quantitative estimate of drug-likeness (QED) is 0.132. The standard InChI is InChI=1S/C34H28F4N4O2S2/c1-3-28(43)42-10-7-24-26(16-42)46-34(39-24)32-30(29-23(36)13-21(35)14-25(29)44-17-27(37)38)33-22(8-11-45-33)31(40-32)19-4-5-20-15-41(2)9-6-18(20)12-19/h3-5,8,11-14,27H,1,6-7,9-10,15-17H2,2H3. The van der Waals surface area contributed by atoms with Crippen molar-refractivity contribution in [2.24, 2.45) is 0 Å². The Hall–Kier alpha value is -4.13. The van der Waals surface area contributed by atoms with Gasteiger partial charge in [-0.3, -0.25) is 4.79 Å². The zero-order valence-electron chi connectivity index (χ0n) is 24.8. The number of aromatic nitrogens is 2. The molecule has 0 atom stereocenters. The molecular formula is C34H28F4N4O2S2. The third-order valence-corrected chi connectivity index (χ3v) is 10.4. The maximum atomic E-state index is 15.9.